The summed E-state index contributed by atoms with van der Waals surface area (Å²) in [5.74, 6) is 0.0308. The number of rotatable bonds is 14. The van der Waals surface area contributed by atoms with Gasteiger partial charge in [0.05, 0.1) is 18.8 Å². The smallest absolute Gasteiger partial charge is 0.224 e. The molecule has 3 aromatic rings. The quantitative estimate of drug-likeness (QED) is 0.208. The Morgan fingerprint density at radius 3 is 2.23 bits per heavy atom. The van der Waals surface area contributed by atoms with Gasteiger partial charge < -0.3 is 25.2 Å². The standard InChI is InChI=1S/C35H45N3O5/c1-25-32(23-38(3)22-27-10-6-4-7-11-27)42-35(43-34(25)29-15-13-28(24-39)14-16-29)30-17-19-31(20-18-30)37-33(41)12-8-5-9-21-36-26(2)40/h4,6-7,10-11,13-20,25,32,34-35,39H,5,8-9,12,21-24H2,1-3H3,(H,36,40)(H,37,41)/t25-,32+,34+,35+/m1/s1. The molecule has 43 heavy (non-hydrogen) atoms. The fraction of sp³-hybridized carbons (Fsp3) is 0.429. The summed E-state index contributed by atoms with van der Waals surface area (Å²) < 4.78 is 13.2. The summed E-state index contributed by atoms with van der Waals surface area (Å²) in [6, 6.07) is 26.0. The van der Waals surface area contributed by atoms with Gasteiger partial charge in [-0.3, -0.25) is 14.5 Å². The summed E-state index contributed by atoms with van der Waals surface area (Å²) in [5.41, 5.74) is 4.78. The molecule has 0 unspecified atom stereocenters. The first-order valence-electron chi connectivity index (χ1n) is 15.2. The molecule has 0 aliphatic carbocycles. The van der Waals surface area contributed by atoms with Crippen LogP contribution in [0.3, 0.4) is 0 Å². The lowest BCUT2D eigenvalue weighted by atomic mass is 9.90. The molecule has 1 aliphatic heterocycles. The molecule has 2 amide bonds. The lowest BCUT2D eigenvalue weighted by Gasteiger charge is -2.42. The fourth-order valence-corrected chi connectivity index (χ4v) is 5.39. The van der Waals surface area contributed by atoms with Crippen LogP contribution < -0.4 is 10.6 Å². The monoisotopic (exact) mass is 587 g/mol. The molecule has 1 fully saturated rings. The number of hydrogen-bond acceptors (Lipinski definition) is 6. The van der Waals surface area contributed by atoms with Crippen LogP contribution in [0.2, 0.25) is 0 Å². The molecule has 0 saturated carbocycles. The predicted octanol–water partition coefficient (Wildman–Crippen LogP) is 5.74. The number of unbranched alkanes of at least 4 members (excludes halogenated alkanes) is 2. The van der Waals surface area contributed by atoms with E-state index in [1.165, 1.54) is 12.5 Å². The second-order valence-electron chi connectivity index (χ2n) is 11.5. The number of carbonyl (C=O) groups is 2. The van der Waals surface area contributed by atoms with Gasteiger partial charge in [-0.1, -0.05) is 80.1 Å². The average molecular weight is 588 g/mol. The average Bonchev–Trinajstić information content (AvgIpc) is 3.00. The van der Waals surface area contributed by atoms with Gasteiger partial charge in [-0.25, -0.2) is 0 Å². The number of aliphatic hydroxyl groups is 1. The maximum atomic E-state index is 12.4. The van der Waals surface area contributed by atoms with Crippen LogP contribution in [-0.2, 0) is 32.2 Å². The Kier molecular flexibility index (Phi) is 12.3. The molecule has 1 saturated heterocycles. The lowest BCUT2D eigenvalue weighted by molar-refractivity contribution is -0.276. The van der Waals surface area contributed by atoms with E-state index in [1.54, 1.807) is 0 Å². The van der Waals surface area contributed by atoms with Crippen LogP contribution in [0, 0.1) is 5.92 Å². The van der Waals surface area contributed by atoms with Gasteiger partial charge in [0.15, 0.2) is 6.29 Å². The van der Waals surface area contributed by atoms with Crippen molar-refractivity contribution in [3.63, 3.8) is 0 Å². The fourth-order valence-electron chi connectivity index (χ4n) is 5.39. The maximum absolute atomic E-state index is 12.4. The van der Waals surface area contributed by atoms with Crippen molar-refractivity contribution in [2.45, 2.75) is 71.2 Å². The molecule has 3 aromatic carbocycles. The van der Waals surface area contributed by atoms with E-state index in [-0.39, 0.29) is 36.5 Å². The van der Waals surface area contributed by atoms with Crippen molar-refractivity contribution >= 4 is 17.5 Å². The van der Waals surface area contributed by atoms with Gasteiger partial charge in [0, 0.05) is 50.1 Å². The first-order chi connectivity index (χ1) is 20.8. The third-order valence-corrected chi connectivity index (χ3v) is 7.83. The highest BCUT2D eigenvalue weighted by atomic mass is 16.7. The largest absolute Gasteiger partial charge is 0.392 e. The SMILES string of the molecule is CC(=O)NCCCCCC(=O)Nc1ccc([C@H]2O[C@@H](CN(C)Cc3ccccc3)[C@@H](C)[C@@H](c3ccc(CO)cc3)O2)cc1. The van der Waals surface area contributed by atoms with Gasteiger partial charge in [0.2, 0.25) is 11.8 Å². The minimum atomic E-state index is -0.567. The van der Waals surface area contributed by atoms with Crippen LogP contribution in [0.5, 0.6) is 0 Å². The topological polar surface area (TPSA) is 100 Å². The van der Waals surface area contributed by atoms with E-state index in [4.69, 9.17) is 9.47 Å². The molecule has 0 aromatic heterocycles. The third kappa shape index (κ3) is 10.0. The number of ether oxygens (including phenoxy) is 2. The number of likely N-dealkylation sites (N-methyl/N-ethyl adjacent to an activating group) is 1. The Morgan fingerprint density at radius 2 is 1.56 bits per heavy atom. The third-order valence-electron chi connectivity index (χ3n) is 7.83. The molecule has 1 heterocycles. The Morgan fingerprint density at radius 1 is 0.860 bits per heavy atom. The van der Waals surface area contributed by atoms with Gasteiger partial charge in [-0.15, -0.1) is 0 Å². The van der Waals surface area contributed by atoms with Crippen LogP contribution in [0.1, 0.15) is 74.2 Å². The number of nitrogens with one attached hydrogen (secondary N) is 2. The minimum Gasteiger partial charge on any atom is -0.392 e. The van der Waals surface area contributed by atoms with Crippen molar-refractivity contribution in [2.75, 3.05) is 25.5 Å². The Hall–Kier alpha value is -3.56. The van der Waals surface area contributed by atoms with E-state index in [9.17, 15) is 14.7 Å². The summed E-state index contributed by atoms with van der Waals surface area (Å²) in [6.07, 6.45) is 2.11. The summed E-state index contributed by atoms with van der Waals surface area (Å²) in [4.78, 5) is 25.7. The summed E-state index contributed by atoms with van der Waals surface area (Å²) in [7, 11) is 2.11. The van der Waals surface area contributed by atoms with Gasteiger partial charge in [-0.2, -0.15) is 0 Å². The van der Waals surface area contributed by atoms with Gasteiger partial charge in [0.1, 0.15) is 0 Å². The van der Waals surface area contributed by atoms with Crippen molar-refractivity contribution in [2.24, 2.45) is 5.92 Å². The molecule has 0 radical (unpaired) electrons. The maximum Gasteiger partial charge on any atom is 0.224 e. The highest BCUT2D eigenvalue weighted by Gasteiger charge is 2.38. The van der Waals surface area contributed by atoms with Gasteiger partial charge >= 0.3 is 0 Å². The van der Waals surface area contributed by atoms with Gasteiger partial charge in [-0.05, 0) is 48.7 Å². The van der Waals surface area contributed by atoms with Crippen molar-refractivity contribution < 1.29 is 24.2 Å². The highest BCUT2D eigenvalue weighted by Crippen LogP contribution is 2.42. The zero-order valence-corrected chi connectivity index (χ0v) is 25.5. The number of aliphatic hydroxyl groups excluding tert-OH is 1. The summed E-state index contributed by atoms with van der Waals surface area (Å²) >= 11 is 0. The van der Waals surface area contributed by atoms with E-state index in [0.29, 0.717) is 13.0 Å². The number of nitrogens with zero attached hydrogens (tertiary/aromatic N) is 1. The first-order valence-corrected chi connectivity index (χ1v) is 15.2. The Balaban J connectivity index is 1.40. The van der Waals surface area contributed by atoms with Crippen LogP contribution in [-0.4, -0.2) is 48.1 Å². The van der Waals surface area contributed by atoms with Crippen LogP contribution >= 0.6 is 0 Å². The molecule has 0 bridgehead atoms. The Bertz CT molecular complexity index is 1280. The van der Waals surface area contributed by atoms with E-state index in [2.05, 4.69) is 53.8 Å². The van der Waals surface area contributed by atoms with Crippen LogP contribution in [0.25, 0.3) is 0 Å². The molecular weight excluding hydrogens is 542 g/mol. The van der Waals surface area contributed by atoms with Crippen LogP contribution in [0.15, 0.2) is 78.9 Å². The van der Waals surface area contributed by atoms with E-state index in [1.807, 2.05) is 54.6 Å². The molecule has 1 aliphatic rings. The number of amides is 2. The normalized spacial score (nSPS) is 20.1. The molecule has 3 N–H and O–H groups in total. The predicted molar refractivity (Wildman–Crippen MR) is 168 cm³/mol. The number of anilines is 1. The van der Waals surface area contributed by atoms with Crippen molar-refractivity contribution in [1.29, 1.82) is 0 Å². The van der Waals surface area contributed by atoms with Crippen molar-refractivity contribution in [3.05, 3.63) is 101 Å². The summed E-state index contributed by atoms with van der Waals surface area (Å²) in [6.45, 7) is 5.87. The van der Waals surface area contributed by atoms with Crippen molar-refractivity contribution in [1.82, 2.24) is 10.2 Å². The highest BCUT2D eigenvalue weighted by molar-refractivity contribution is 5.90. The van der Waals surface area contributed by atoms with E-state index in [0.717, 1.165) is 54.7 Å². The molecule has 8 nitrogen and oxygen atoms in total. The minimum absolute atomic E-state index is 0.00148. The lowest BCUT2D eigenvalue weighted by Crippen LogP contribution is -2.43. The molecule has 4 rings (SSSR count). The summed E-state index contributed by atoms with van der Waals surface area (Å²) in [5, 5.41) is 15.3. The van der Waals surface area contributed by atoms with Gasteiger partial charge in [0.25, 0.3) is 0 Å². The van der Waals surface area contributed by atoms with Crippen LogP contribution in [0.4, 0.5) is 5.69 Å². The first kappa shape index (κ1) is 32.4. The zero-order chi connectivity index (χ0) is 30.6. The van der Waals surface area contributed by atoms with E-state index < -0.39 is 6.29 Å². The zero-order valence-electron chi connectivity index (χ0n) is 25.5. The second-order valence-corrected chi connectivity index (χ2v) is 11.5. The second kappa shape index (κ2) is 16.3. The molecule has 4 atom stereocenters. The molecule has 0 spiro atoms. The van der Waals surface area contributed by atoms with E-state index >= 15 is 0 Å². The molecular formula is C35H45N3O5. The molecule has 8 heteroatoms. The van der Waals surface area contributed by atoms with Crippen molar-refractivity contribution in [3.8, 4) is 0 Å². The number of carbonyl (C=O) groups excluding carboxylic acids is 2. The molecule has 230 valence electrons. The Labute approximate surface area is 255 Å². The number of benzene rings is 3. The number of hydrogen-bond donors (Lipinski definition) is 3.